The third-order valence-electron chi connectivity index (χ3n) is 6.88. The first-order valence-corrected chi connectivity index (χ1v) is 11.7. The van der Waals surface area contributed by atoms with Crippen LogP contribution in [0.3, 0.4) is 0 Å². The van der Waals surface area contributed by atoms with E-state index in [1.165, 1.54) is 18.7 Å². The van der Waals surface area contributed by atoms with Crippen molar-refractivity contribution >= 4 is 11.8 Å². The molecule has 1 saturated heterocycles. The second-order valence-corrected chi connectivity index (χ2v) is 9.10. The van der Waals surface area contributed by atoms with E-state index < -0.39 is 0 Å². The zero-order chi connectivity index (χ0) is 23.4. The minimum absolute atomic E-state index is 0.0868. The molecule has 1 aliphatic carbocycles. The van der Waals surface area contributed by atoms with Gasteiger partial charge in [-0.3, -0.25) is 9.59 Å². The summed E-state index contributed by atoms with van der Waals surface area (Å²) in [5, 5.41) is 6.33. The van der Waals surface area contributed by atoms with Crippen molar-refractivity contribution in [1.82, 2.24) is 15.5 Å². The van der Waals surface area contributed by atoms with Crippen molar-refractivity contribution in [3.8, 4) is 5.75 Å². The molecule has 2 aromatic rings. The van der Waals surface area contributed by atoms with Crippen molar-refractivity contribution in [2.75, 3.05) is 33.3 Å². The quantitative estimate of drug-likeness (QED) is 0.672. The van der Waals surface area contributed by atoms with Crippen LogP contribution >= 0.6 is 0 Å². The summed E-state index contributed by atoms with van der Waals surface area (Å²) in [6.45, 7) is 4.17. The summed E-state index contributed by atoms with van der Waals surface area (Å²) in [4.78, 5) is 25.8. The van der Waals surface area contributed by atoms with E-state index in [1.807, 2.05) is 12.1 Å². The van der Waals surface area contributed by atoms with Crippen molar-refractivity contribution in [1.29, 1.82) is 0 Å². The average Bonchev–Trinajstić information content (AvgIpc) is 3.31. The molecule has 1 heterocycles. The van der Waals surface area contributed by atoms with Crippen LogP contribution < -0.4 is 15.4 Å². The molecule has 0 radical (unpaired) electrons. The zero-order valence-electron chi connectivity index (χ0n) is 19.3. The number of ether oxygens (including phenoxy) is 1. The summed E-state index contributed by atoms with van der Waals surface area (Å²) in [7, 11) is 1.48. The molecule has 2 aliphatic rings. The molecule has 6 nitrogen and oxygen atoms in total. The number of nitrogens with zero attached hydrogens (tertiary/aromatic N) is 1. The summed E-state index contributed by atoms with van der Waals surface area (Å²) < 4.78 is 18.8. The van der Waals surface area contributed by atoms with Crippen LogP contribution in [0.4, 0.5) is 4.39 Å². The molecular weight excluding hydrogens is 421 g/mol. The molecule has 1 aliphatic heterocycles. The summed E-state index contributed by atoms with van der Waals surface area (Å²) in [5.41, 5.74) is 2.91. The SMILES string of the molecule is COc1cc([C@@H](C)NCC2CC[C@H](c3ccc(C(=O)N4CCNC(=O)C4)cc3)C2)ccc1F. The van der Waals surface area contributed by atoms with Crippen LogP contribution in [0, 0.1) is 11.7 Å². The largest absolute Gasteiger partial charge is 0.494 e. The van der Waals surface area contributed by atoms with E-state index in [0.717, 1.165) is 31.4 Å². The van der Waals surface area contributed by atoms with Crippen molar-refractivity contribution in [2.24, 2.45) is 5.92 Å². The fraction of sp³-hybridized carbons (Fsp3) is 0.462. The topological polar surface area (TPSA) is 70.7 Å². The number of hydrogen-bond donors (Lipinski definition) is 2. The fourth-order valence-corrected chi connectivity index (χ4v) is 4.86. The Kier molecular flexibility index (Phi) is 7.28. The van der Waals surface area contributed by atoms with Gasteiger partial charge in [0.25, 0.3) is 5.91 Å². The van der Waals surface area contributed by atoms with Crippen molar-refractivity contribution < 1.29 is 18.7 Å². The molecule has 1 unspecified atom stereocenters. The number of halogens is 1. The van der Waals surface area contributed by atoms with Crippen molar-refractivity contribution in [2.45, 2.75) is 38.1 Å². The minimum atomic E-state index is -0.346. The van der Waals surface area contributed by atoms with Gasteiger partial charge in [-0.2, -0.15) is 0 Å². The lowest BCUT2D eigenvalue weighted by atomic mass is 9.95. The maximum absolute atomic E-state index is 13.7. The molecule has 0 spiro atoms. The third-order valence-corrected chi connectivity index (χ3v) is 6.88. The summed E-state index contributed by atoms with van der Waals surface area (Å²) in [6.07, 6.45) is 3.39. The lowest BCUT2D eigenvalue weighted by Gasteiger charge is -2.26. The van der Waals surface area contributed by atoms with E-state index >= 15 is 0 Å². The molecule has 3 atom stereocenters. The van der Waals surface area contributed by atoms with Crippen LogP contribution in [0.15, 0.2) is 42.5 Å². The number of carbonyl (C=O) groups is 2. The number of amides is 2. The number of hydrogen-bond acceptors (Lipinski definition) is 4. The van der Waals surface area contributed by atoms with E-state index in [1.54, 1.807) is 17.0 Å². The Hall–Kier alpha value is -2.93. The molecule has 176 valence electrons. The molecule has 1 saturated carbocycles. The lowest BCUT2D eigenvalue weighted by molar-refractivity contribution is -0.123. The van der Waals surface area contributed by atoms with Gasteiger partial charge in [0.2, 0.25) is 5.91 Å². The van der Waals surface area contributed by atoms with Crippen LogP contribution in [0.5, 0.6) is 5.75 Å². The van der Waals surface area contributed by atoms with Crippen LogP contribution in [-0.2, 0) is 4.79 Å². The molecule has 2 N–H and O–H groups in total. The molecule has 2 fully saturated rings. The number of benzene rings is 2. The molecular formula is C26H32FN3O3. The normalized spacial score (nSPS) is 21.5. The van der Waals surface area contributed by atoms with Gasteiger partial charge < -0.3 is 20.3 Å². The highest BCUT2D eigenvalue weighted by molar-refractivity contribution is 5.97. The number of carbonyl (C=O) groups excluding carboxylic acids is 2. The lowest BCUT2D eigenvalue weighted by Crippen LogP contribution is -2.49. The first-order valence-electron chi connectivity index (χ1n) is 11.7. The smallest absolute Gasteiger partial charge is 0.254 e. The van der Waals surface area contributed by atoms with Gasteiger partial charge in [-0.15, -0.1) is 0 Å². The molecule has 0 aromatic heterocycles. The summed E-state index contributed by atoms with van der Waals surface area (Å²) >= 11 is 0. The van der Waals surface area contributed by atoms with E-state index in [-0.39, 0.29) is 36.0 Å². The van der Waals surface area contributed by atoms with Crippen molar-refractivity contribution in [3.05, 3.63) is 65.0 Å². The summed E-state index contributed by atoms with van der Waals surface area (Å²) in [6, 6.07) is 13.0. The predicted molar refractivity (Wildman–Crippen MR) is 125 cm³/mol. The van der Waals surface area contributed by atoms with Gasteiger partial charge in [-0.25, -0.2) is 4.39 Å². The van der Waals surface area contributed by atoms with E-state index in [4.69, 9.17) is 4.74 Å². The van der Waals surface area contributed by atoms with Gasteiger partial charge in [0.1, 0.15) is 0 Å². The highest BCUT2D eigenvalue weighted by atomic mass is 19.1. The van der Waals surface area contributed by atoms with E-state index in [2.05, 4.69) is 29.7 Å². The number of piperazine rings is 1. The maximum atomic E-state index is 13.7. The Balaban J connectivity index is 1.29. The van der Waals surface area contributed by atoms with Gasteiger partial charge in [0.15, 0.2) is 11.6 Å². The van der Waals surface area contributed by atoms with Gasteiger partial charge in [0.05, 0.1) is 13.7 Å². The standard InChI is InChI=1S/C26H32FN3O3/c1-17(21-9-10-23(27)24(14-21)33-2)29-15-18-3-4-22(13-18)19-5-7-20(8-6-19)26(32)30-12-11-28-25(31)16-30/h5-10,14,17-18,22,29H,3-4,11-13,15-16H2,1-2H3,(H,28,31)/t17-,18?,22+/m1/s1. The number of nitrogens with one attached hydrogen (secondary N) is 2. The molecule has 2 amide bonds. The van der Waals surface area contributed by atoms with Gasteiger partial charge >= 0.3 is 0 Å². The van der Waals surface area contributed by atoms with Crippen LogP contribution in [0.25, 0.3) is 0 Å². The fourth-order valence-electron chi connectivity index (χ4n) is 4.86. The number of rotatable bonds is 7. The van der Waals surface area contributed by atoms with Gasteiger partial charge in [-0.1, -0.05) is 18.2 Å². The van der Waals surface area contributed by atoms with Gasteiger partial charge in [-0.05, 0) is 80.0 Å². The first kappa shape index (κ1) is 23.2. The molecule has 4 rings (SSSR count). The Morgan fingerprint density at radius 2 is 2.03 bits per heavy atom. The first-order chi connectivity index (χ1) is 15.9. The maximum Gasteiger partial charge on any atom is 0.254 e. The zero-order valence-corrected chi connectivity index (χ0v) is 19.3. The second-order valence-electron chi connectivity index (χ2n) is 9.10. The van der Waals surface area contributed by atoms with Crippen LogP contribution in [0.1, 0.15) is 59.6 Å². The second kappa shape index (κ2) is 10.3. The Bertz CT molecular complexity index is 995. The highest BCUT2D eigenvalue weighted by Gasteiger charge is 2.27. The van der Waals surface area contributed by atoms with Crippen LogP contribution in [0.2, 0.25) is 0 Å². The Morgan fingerprint density at radius 3 is 2.76 bits per heavy atom. The Morgan fingerprint density at radius 1 is 1.24 bits per heavy atom. The molecule has 7 heteroatoms. The minimum Gasteiger partial charge on any atom is -0.494 e. The Labute approximate surface area is 194 Å². The average molecular weight is 454 g/mol. The molecule has 0 bridgehead atoms. The van der Waals surface area contributed by atoms with Gasteiger partial charge in [0, 0.05) is 24.7 Å². The number of methoxy groups -OCH3 is 1. The highest BCUT2D eigenvalue weighted by Crippen LogP contribution is 2.38. The molecule has 2 aromatic carbocycles. The molecule has 33 heavy (non-hydrogen) atoms. The van der Waals surface area contributed by atoms with E-state index in [9.17, 15) is 14.0 Å². The monoisotopic (exact) mass is 453 g/mol. The van der Waals surface area contributed by atoms with Crippen molar-refractivity contribution in [3.63, 3.8) is 0 Å². The predicted octanol–water partition coefficient (Wildman–Crippen LogP) is 3.64. The summed E-state index contributed by atoms with van der Waals surface area (Å²) in [5.74, 6) is 0.797. The van der Waals surface area contributed by atoms with Crippen LogP contribution in [-0.4, -0.2) is 50.0 Å². The third kappa shape index (κ3) is 5.53. The van der Waals surface area contributed by atoms with E-state index in [0.29, 0.717) is 30.5 Å².